The first-order valence-electron chi connectivity index (χ1n) is 21.0. The fourth-order valence-corrected chi connectivity index (χ4v) is 8.35. The van der Waals surface area contributed by atoms with Crippen LogP contribution in [-0.4, -0.2) is 4.98 Å². The normalized spacial score (nSPS) is 13.0. The largest absolute Gasteiger partial charge is 0.509 e. The van der Waals surface area contributed by atoms with Gasteiger partial charge in [0.25, 0.3) is 0 Å². The Bertz CT molecular complexity index is 2880. The molecule has 0 radical (unpaired) electrons. The molecule has 0 aliphatic carbocycles. The Morgan fingerprint density at radius 1 is 0.500 bits per heavy atom. The topological polar surface area (TPSA) is 31.8 Å². The molecule has 5 nitrogen and oxygen atoms in total. The minimum atomic E-state index is -0.00622. The van der Waals surface area contributed by atoms with E-state index in [4.69, 9.17) is 9.72 Å². The summed E-state index contributed by atoms with van der Waals surface area (Å²) in [4.78, 5) is 11.6. The Hall–Kier alpha value is -6.45. The van der Waals surface area contributed by atoms with Crippen LogP contribution in [0.1, 0.15) is 52.7 Å². The molecule has 8 aromatic rings. The number of anilines is 7. The zero-order valence-electron chi connectivity index (χ0n) is 35.8. The van der Waals surface area contributed by atoms with Gasteiger partial charge < -0.3 is 19.4 Å². The minimum Gasteiger partial charge on any atom is -0.509 e. The molecule has 3 heterocycles. The molecule has 62 heavy (non-hydrogen) atoms. The second-order valence-electron chi connectivity index (χ2n) is 17.9. The van der Waals surface area contributed by atoms with E-state index in [1.807, 2.05) is 42.6 Å². The van der Waals surface area contributed by atoms with Crippen LogP contribution in [-0.2, 0) is 31.3 Å². The molecule has 10 rings (SSSR count). The SMILES string of the molecule is CC(C)(C)c1cc(N2[CH-]N(c3[c-]c(Oc4[c-]c5c(cc4)-c4ccccc4-c4ccc(-c6ccccc6)cc4N5c4ccccn4)ccc3)c3ccccc32)cc(C(C)(C)C)c1.[Pd]. The van der Waals surface area contributed by atoms with E-state index in [-0.39, 0.29) is 31.3 Å². The number of aromatic nitrogens is 1. The predicted octanol–water partition coefficient (Wildman–Crippen LogP) is 15.3. The van der Waals surface area contributed by atoms with Crippen LogP contribution in [0.4, 0.5) is 39.9 Å². The van der Waals surface area contributed by atoms with E-state index in [0.717, 1.165) is 73.3 Å². The van der Waals surface area contributed by atoms with Gasteiger partial charge in [0.05, 0.1) is 5.69 Å². The van der Waals surface area contributed by atoms with Crippen molar-refractivity contribution in [3.05, 3.63) is 200 Å². The number of nitrogens with zero attached hydrogens (tertiary/aromatic N) is 4. The van der Waals surface area contributed by atoms with Gasteiger partial charge in [0.2, 0.25) is 0 Å². The molecule has 0 saturated carbocycles. The van der Waals surface area contributed by atoms with Crippen molar-refractivity contribution >= 4 is 39.9 Å². The molecule has 1 aromatic heterocycles. The summed E-state index contributed by atoms with van der Waals surface area (Å²) in [6.07, 6.45) is 1.84. The van der Waals surface area contributed by atoms with Gasteiger partial charge >= 0.3 is 0 Å². The Kier molecular flexibility index (Phi) is 10.6. The van der Waals surface area contributed by atoms with Gasteiger partial charge in [0.15, 0.2) is 0 Å². The third kappa shape index (κ3) is 7.59. The Morgan fingerprint density at radius 2 is 1.13 bits per heavy atom. The maximum atomic E-state index is 6.73. The minimum absolute atomic E-state index is 0. The molecule has 0 amide bonds. The van der Waals surface area contributed by atoms with E-state index in [0.29, 0.717) is 11.5 Å². The van der Waals surface area contributed by atoms with Crippen LogP contribution in [0.3, 0.4) is 0 Å². The second-order valence-corrected chi connectivity index (χ2v) is 17.9. The standard InChI is InChI=1S/C56H47N4O.Pd/c1-55(2,3)40-32-41(56(4,5)6)34-43(33-40)59-37-58(50-23-12-13-24-51(50)59)42-19-16-20-44(35-42)61-45-27-29-49-47-22-11-10-21-46(47)48-28-26-39(38-17-8-7-9-18-38)31-52(48)60(53(49)36-45)54-25-14-15-30-57-54;/h7-34,37H,1-6H3;/q-3;. The number of rotatable bonds is 6. The summed E-state index contributed by atoms with van der Waals surface area (Å²) in [5.74, 6) is 1.96. The number of hydrogen-bond donors (Lipinski definition) is 0. The number of pyridine rings is 1. The van der Waals surface area contributed by atoms with Crippen molar-refractivity contribution < 1.29 is 25.2 Å². The molecule has 310 valence electrons. The molecule has 0 saturated heterocycles. The fourth-order valence-electron chi connectivity index (χ4n) is 8.35. The van der Waals surface area contributed by atoms with Crippen molar-refractivity contribution in [2.75, 3.05) is 14.7 Å². The van der Waals surface area contributed by atoms with E-state index < -0.39 is 0 Å². The molecule has 0 fully saturated rings. The molecule has 0 N–H and O–H groups in total. The molecule has 0 bridgehead atoms. The molecule has 7 aromatic carbocycles. The van der Waals surface area contributed by atoms with E-state index in [2.05, 4.69) is 202 Å². The predicted molar refractivity (Wildman–Crippen MR) is 252 cm³/mol. The molecular formula is C56H47N4OPd-3. The van der Waals surface area contributed by atoms with Crippen LogP contribution in [0, 0.1) is 18.8 Å². The van der Waals surface area contributed by atoms with Gasteiger partial charge in [-0.05, 0) is 81.1 Å². The summed E-state index contributed by atoms with van der Waals surface area (Å²) < 4.78 is 6.73. The smallest absolute Gasteiger partial charge is 0.135 e. The van der Waals surface area contributed by atoms with Crippen LogP contribution in [0.2, 0.25) is 0 Å². The summed E-state index contributed by atoms with van der Waals surface area (Å²) in [7, 11) is 0. The molecule has 2 aliphatic rings. The molecule has 0 atom stereocenters. The van der Waals surface area contributed by atoms with Crippen LogP contribution in [0.25, 0.3) is 33.4 Å². The zero-order valence-corrected chi connectivity index (χ0v) is 37.3. The van der Waals surface area contributed by atoms with Crippen LogP contribution in [0.5, 0.6) is 11.5 Å². The Labute approximate surface area is 379 Å². The van der Waals surface area contributed by atoms with Gasteiger partial charge in [0.1, 0.15) is 5.82 Å². The monoisotopic (exact) mass is 897 g/mol. The van der Waals surface area contributed by atoms with Crippen LogP contribution >= 0.6 is 0 Å². The van der Waals surface area contributed by atoms with Crippen molar-refractivity contribution in [1.29, 1.82) is 0 Å². The first kappa shape index (κ1) is 40.9. The Morgan fingerprint density at radius 3 is 1.82 bits per heavy atom. The van der Waals surface area contributed by atoms with Crippen molar-refractivity contribution in [3.8, 4) is 44.9 Å². The van der Waals surface area contributed by atoms with Gasteiger partial charge in [-0.2, -0.15) is 12.1 Å². The van der Waals surface area contributed by atoms with E-state index in [1.54, 1.807) is 0 Å². The quantitative estimate of drug-likeness (QED) is 0.123. The summed E-state index contributed by atoms with van der Waals surface area (Å²) in [6.45, 7) is 15.9. The molecule has 2 aliphatic heterocycles. The molecule has 0 spiro atoms. The maximum absolute atomic E-state index is 6.73. The molecular weight excluding hydrogens is 851 g/mol. The summed E-state index contributed by atoms with van der Waals surface area (Å²) in [6, 6.07) is 65.0. The number of para-hydroxylation sites is 2. The summed E-state index contributed by atoms with van der Waals surface area (Å²) >= 11 is 0. The van der Waals surface area contributed by atoms with E-state index in [9.17, 15) is 0 Å². The van der Waals surface area contributed by atoms with Crippen LogP contribution in [0.15, 0.2) is 170 Å². The number of hydrogen-bond acceptors (Lipinski definition) is 5. The van der Waals surface area contributed by atoms with Gasteiger partial charge in [0, 0.05) is 60.7 Å². The van der Waals surface area contributed by atoms with E-state index >= 15 is 0 Å². The van der Waals surface area contributed by atoms with Gasteiger partial charge in [-0.1, -0.05) is 144 Å². The molecule has 6 heteroatoms. The number of ether oxygens (including phenoxy) is 1. The number of benzene rings is 7. The Balaban J connectivity index is 0.00000490. The maximum Gasteiger partial charge on any atom is 0.135 e. The average molecular weight is 898 g/mol. The van der Waals surface area contributed by atoms with Crippen molar-refractivity contribution in [3.63, 3.8) is 0 Å². The van der Waals surface area contributed by atoms with Crippen molar-refractivity contribution in [2.45, 2.75) is 52.4 Å². The summed E-state index contributed by atoms with van der Waals surface area (Å²) in [5, 5.41) is 0. The van der Waals surface area contributed by atoms with E-state index in [1.165, 1.54) is 11.1 Å². The van der Waals surface area contributed by atoms with Gasteiger partial charge in [-0.15, -0.1) is 48.3 Å². The first-order valence-corrected chi connectivity index (χ1v) is 21.0. The van der Waals surface area contributed by atoms with Gasteiger partial charge in [-0.3, -0.25) is 0 Å². The third-order valence-corrected chi connectivity index (χ3v) is 11.6. The third-order valence-electron chi connectivity index (χ3n) is 11.6. The second kappa shape index (κ2) is 16.1. The van der Waals surface area contributed by atoms with Crippen LogP contribution < -0.4 is 19.4 Å². The summed E-state index contributed by atoms with van der Waals surface area (Å²) in [5.41, 5.74) is 15.4. The van der Waals surface area contributed by atoms with Gasteiger partial charge in [-0.25, -0.2) is 4.98 Å². The molecule has 0 unspecified atom stereocenters. The first-order chi connectivity index (χ1) is 29.5. The number of fused-ring (bicyclic) bond motifs is 6. The van der Waals surface area contributed by atoms with Crippen molar-refractivity contribution in [2.24, 2.45) is 0 Å². The average Bonchev–Trinajstić information content (AvgIpc) is 3.61. The zero-order chi connectivity index (χ0) is 41.9. The fraction of sp³-hybridized carbons (Fsp3) is 0.143. The van der Waals surface area contributed by atoms with Crippen molar-refractivity contribution in [1.82, 2.24) is 4.98 Å².